The maximum atomic E-state index is 12.4. The summed E-state index contributed by atoms with van der Waals surface area (Å²) in [6.07, 6.45) is 75.0. The van der Waals surface area contributed by atoms with Gasteiger partial charge in [-0.25, -0.2) is 0 Å². The van der Waals surface area contributed by atoms with Crippen LogP contribution in [0.4, 0.5) is 0 Å². The zero-order valence-corrected chi connectivity index (χ0v) is 48.0. The molecule has 420 valence electrons. The third-order valence-corrected chi connectivity index (χ3v) is 15.0. The predicted molar refractivity (Wildman–Crippen MR) is 310 cm³/mol. The van der Waals surface area contributed by atoms with E-state index in [0.29, 0.717) is 25.9 Å². The third kappa shape index (κ3) is 57.5. The van der Waals surface area contributed by atoms with Crippen LogP contribution in [0.1, 0.15) is 354 Å². The SMILES string of the molecule is CCCCCCCCCCCCCCC(=O)OCCCCCCCCCCC/C=C\C/C=C\CCCCCCCCCCCCCCCCCC(=O)NC(CO)C(O)CCCCCCCCCCCCC. The summed E-state index contributed by atoms with van der Waals surface area (Å²) in [6.45, 7) is 4.96. The molecular formula is C65H125NO5. The minimum Gasteiger partial charge on any atom is -0.466 e. The maximum Gasteiger partial charge on any atom is 0.305 e. The van der Waals surface area contributed by atoms with Crippen molar-refractivity contribution in [1.29, 1.82) is 0 Å². The average molecular weight is 1000 g/mol. The third-order valence-electron chi connectivity index (χ3n) is 15.0. The molecule has 0 aliphatic carbocycles. The van der Waals surface area contributed by atoms with Crippen LogP contribution >= 0.6 is 0 Å². The van der Waals surface area contributed by atoms with Gasteiger partial charge in [0.2, 0.25) is 5.91 Å². The first kappa shape index (κ1) is 69.3. The lowest BCUT2D eigenvalue weighted by Crippen LogP contribution is -2.45. The van der Waals surface area contributed by atoms with Crippen LogP contribution in [0.5, 0.6) is 0 Å². The highest BCUT2D eigenvalue weighted by atomic mass is 16.5. The molecule has 2 atom stereocenters. The van der Waals surface area contributed by atoms with Crippen LogP contribution in [0.15, 0.2) is 24.3 Å². The Kier molecular flexibility index (Phi) is 59.5. The molecule has 0 aromatic heterocycles. The number of ether oxygens (including phenoxy) is 1. The molecule has 3 N–H and O–H groups in total. The number of amides is 1. The number of nitrogens with one attached hydrogen (secondary N) is 1. The van der Waals surface area contributed by atoms with Gasteiger partial charge in [-0.15, -0.1) is 0 Å². The smallest absolute Gasteiger partial charge is 0.305 e. The molecule has 6 heteroatoms. The van der Waals surface area contributed by atoms with E-state index < -0.39 is 12.1 Å². The zero-order chi connectivity index (χ0) is 51.4. The number of carbonyl (C=O) groups excluding carboxylic acids is 2. The van der Waals surface area contributed by atoms with Crippen molar-refractivity contribution < 1.29 is 24.5 Å². The van der Waals surface area contributed by atoms with Crippen LogP contribution < -0.4 is 5.32 Å². The fourth-order valence-corrected chi connectivity index (χ4v) is 10.1. The van der Waals surface area contributed by atoms with Gasteiger partial charge in [-0.05, 0) is 57.8 Å². The Morgan fingerprint density at radius 3 is 1.07 bits per heavy atom. The number of hydrogen-bond donors (Lipinski definition) is 3. The quantitative estimate of drug-likeness (QED) is 0.0320. The van der Waals surface area contributed by atoms with Gasteiger partial charge < -0.3 is 20.3 Å². The summed E-state index contributed by atoms with van der Waals surface area (Å²) in [5.74, 6) is -0.0199. The topological polar surface area (TPSA) is 95.9 Å². The number of allylic oxidation sites excluding steroid dienone is 4. The Morgan fingerprint density at radius 1 is 0.394 bits per heavy atom. The van der Waals surface area contributed by atoms with Crippen LogP contribution in [0.2, 0.25) is 0 Å². The summed E-state index contributed by atoms with van der Waals surface area (Å²) in [5, 5.41) is 23.2. The second-order valence-electron chi connectivity index (χ2n) is 22.1. The van der Waals surface area contributed by atoms with Crippen molar-refractivity contribution in [2.24, 2.45) is 0 Å². The minimum atomic E-state index is -0.662. The molecule has 0 radical (unpaired) electrons. The van der Waals surface area contributed by atoms with Gasteiger partial charge in [-0.2, -0.15) is 0 Å². The van der Waals surface area contributed by atoms with E-state index in [0.717, 1.165) is 44.9 Å². The lowest BCUT2D eigenvalue weighted by Gasteiger charge is -2.22. The van der Waals surface area contributed by atoms with Crippen LogP contribution in [0, 0.1) is 0 Å². The number of unbranched alkanes of at least 4 members (excludes halogenated alkanes) is 45. The van der Waals surface area contributed by atoms with E-state index in [9.17, 15) is 19.8 Å². The molecule has 0 aliphatic rings. The van der Waals surface area contributed by atoms with Crippen LogP contribution in [-0.4, -0.2) is 47.4 Å². The molecule has 0 fully saturated rings. The van der Waals surface area contributed by atoms with Crippen LogP contribution in [0.25, 0.3) is 0 Å². The van der Waals surface area contributed by atoms with E-state index in [1.807, 2.05) is 0 Å². The van der Waals surface area contributed by atoms with Gasteiger partial charge in [-0.1, -0.05) is 308 Å². The molecule has 2 unspecified atom stereocenters. The number of carbonyl (C=O) groups is 2. The van der Waals surface area contributed by atoms with Gasteiger partial charge in [0.1, 0.15) is 0 Å². The second-order valence-corrected chi connectivity index (χ2v) is 22.1. The lowest BCUT2D eigenvalue weighted by atomic mass is 10.0. The van der Waals surface area contributed by atoms with E-state index >= 15 is 0 Å². The molecule has 0 rings (SSSR count). The molecule has 71 heavy (non-hydrogen) atoms. The zero-order valence-electron chi connectivity index (χ0n) is 48.0. The Morgan fingerprint density at radius 2 is 0.704 bits per heavy atom. The highest BCUT2D eigenvalue weighted by Crippen LogP contribution is 2.18. The summed E-state index contributed by atoms with van der Waals surface area (Å²) in [4.78, 5) is 24.5. The molecule has 0 heterocycles. The van der Waals surface area contributed by atoms with Gasteiger partial charge in [0, 0.05) is 12.8 Å². The minimum absolute atomic E-state index is 0.0141. The van der Waals surface area contributed by atoms with Crippen molar-refractivity contribution >= 4 is 11.9 Å². The summed E-state index contributed by atoms with van der Waals surface area (Å²) in [6, 6.07) is -0.539. The average Bonchev–Trinajstić information content (AvgIpc) is 3.37. The normalized spacial score (nSPS) is 12.7. The number of aliphatic hydroxyl groups is 2. The maximum absolute atomic E-state index is 12.4. The fourth-order valence-electron chi connectivity index (χ4n) is 10.1. The van der Waals surface area contributed by atoms with Crippen LogP contribution in [0.3, 0.4) is 0 Å². The van der Waals surface area contributed by atoms with Crippen molar-refractivity contribution in [3.63, 3.8) is 0 Å². The molecule has 0 aromatic carbocycles. The molecule has 0 bridgehead atoms. The van der Waals surface area contributed by atoms with Crippen LogP contribution in [-0.2, 0) is 14.3 Å². The Bertz CT molecular complexity index is 1110. The Hall–Kier alpha value is -1.66. The molecule has 0 saturated carbocycles. The number of esters is 1. The van der Waals surface area contributed by atoms with Gasteiger partial charge in [0.25, 0.3) is 0 Å². The molecule has 6 nitrogen and oxygen atoms in total. The molecule has 0 aromatic rings. The van der Waals surface area contributed by atoms with Crippen molar-refractivity contribution in [3.05, 3.63) is 24.3 Å². The number of rotatable bonds is 60. The van der Waals surface area contributed by atoms with E-state index in [-0.39, 0.29) is 18.5 Å². The summed E-state index contributed by atoms with van der Waals surface area (Å²) in [5.41, 5.74) is 0. The number of aliphatic hydroxyl groups excluding tert-OH is 2. The highest BCUT2D eigenvalue weighted by molar-refractivity contribution is 5.76. The molecule has 0 spiro atoms. The first-order valence-corrected chi connectivity index (χ1v) is 32.1. The van der Waals surface area contributed by atoms with E-state index in [4.69, 9.17) is 4.74 Å². The fraction of sp³-hybridized carbons (Fsp3) is 0.908. The highest BCUT2D eigenvalue weighted by Gasteiger charge is 2.20. The van der Waals surface area contributed by atoms with E-state index in [1.165, 1.54) is 276 Å². The summed E-state index contributed by atoms with van der Waals surface area (Å²) < 4.78 is 5.47. The lowest BCUT2D eigenvalue weighted by molar-refractivity contribution is -0.143. The van der Waals surface area contributed by atoms with Gasteiger partial charge >= 0.3 is 5.97 Å². The standard InChI is InChI=1S/C65H125NO5/c1-3-5-7-9-11-13-15-39-43-47-51-55-59-65(70)71-60-56-52-48-44-40-36-34-32-30-28-26-24-22-20-18-16-17-19-21-23-25-27-29-31-33-35-38-42-46-50-54-58-64(69)66-62(61-67)63(68)57-53-49-45-41-37-14-12-10-8-6-4-2/h18,20,24,26,62-63,67-68H,3-17,19,21-23,25,27-61H2,1-2H3,(H,66,69)/b20-18-,26-24-. The monoisotopic (exact) mass is 1000 g/mol. The van der Waals surface area contributed by atoms with Crippen molar-refractivity contribution in [1.82, 2.24) is 5.32 Å². The first-order valence-electron chi connectivity index (χ1n) is 32.1. The molecule has 0 aliphatic heterocycles. The Balaban J connectivity index is 3.37. The molecule has 0 saturated heterocycles. The molecular weight excluding hydrogens is 875 g/mol. The largest absolute Gasteiger partial charge is 0.466 e. The second kappa shape index (κ2) is 60.9. The van der Waals surface area contributed by atoms with Gasteiger partial charge in [-0.3, -0.25) is 9.59 Å². The summed E-state index contributed by atoms with van der Waals surface area (Å²) >= 11 is 0. The van der Waals surface area contributed by atoms with Gasteiger partial charge in [0.05, 0.1) is 25.4 Å². The summed E-state index contributed by atoms with van der Waals surface area (Å²) in [7, 11) is 0. The first-order chi connectivity index (χ1) is 35.0. The van der Waals surface area contributed by atoms with Crippen molar-refractivity contribution in [3.8, 4) is 0 Å². The number of hydrogen-bond acceptors (Lipinski definition) is 5. The van der Waals surface area contributed by atoms with Crippen molar-refractivity contribution in [2.45, 2.75) is 366 Å². The van der Waals surface area contributed by atoms with Crippen molar-refractivity contribution in [2.75, 3.05) is 13.2 Å². The molecule has 1 amide bonds. The van der Waals surface area contributed by atoms with E-state index in [2.05, 4.69) is 43.5 Å². The van der Waals surface area contributed by atoms with Gasteiger partial charge in [0.15, 0.2) is 0 Å². The Labute approximate surface area is 443 Å². The predicted octanol–water partition coefficient (Wildman–Crippen LogP) is 20.2. The van der Waals surface area contributed by atoms with E-state index in [1.54, 1.807) is 0 Å².